The molecule has 1 aliphatic carbocycles. The number of aliphatic imine (C=N–C) groups is 1. The highest BCUT2D eigenvalue weighted by molar-refractivity contribution is 6.21. The summed E-state index contributed by atoms with van der Waals surface area (Å²) in [5.41, 5.74) is 0.469. The van der Waals surface area contributed by atoms with Gasteiger partial charge in [0.05, 0.1) is 11.6 Å². The van der Waals surface area contributed by atoms with Gasteiger partial charge in [-0.2, -0.15) is 4.99 Å². The number of imide groups is 1. The van der Waals surface area contributed by atoms with E-state index in [2.05, 4.69) is 15.3 Å². The summed E-state index contributed by atoms with van der Waals surface area (Å²) in [7, 11) is 0. The number of nitrogens with one attached hydrogen (secondary N) is 1. The van der Waals surface area contributed by atoms with Crippen molar-refractivity contribution in [2.24, 2.45) is 10.9 Å². The number of aromatic nitrogens is 1. The summed E-state index contributed by atoms with van der Waals surface area (Å²) in [6.07, 6.45) is 9.02. The molecule has 7 heteroatoms. The van der Waals surface area contributed by atoms with Crippen molar-refractivity contribution in [2.45, 2.75) is 12.8 Å². The molecule has 4 amide bonds. The van der Waals surface area contributed by atoms with Gasteiger partial charge in [-0.3, -0.25) is 14.5 Å². The largest absolute Gasteiger partial charge is 0.350 e. The predicted octanol–water partition coefficient (Wildman–Crippen LogP) is 1.95. The minimum atomic E-state index is -0.573. The van der Waals surface area contributed by atoms with Gasteiger partial charge in [0.2, 0.25) is 11.8 Å². The number of allylic oxidation sites excluding steroid dienone is 3. The van der Waals surface area contributed by atoms with E-state index in [4.69, 9.17) is 0 Å². The van der Waals surface area contributed by atoms with Crippen molar-refractivity contribution >= 4 is 29.4 Å². The van der Waals surface area contributed by atoms with E-state index in [1.165, 1.54) is 0 Å². The second kappa shape index (κ2) is 6.99. The second-order valence-corrected chi connectivity index (χ2v) is 5.40. The minimum Gasteiger partial charge on any atom is -0.311 e. The van der Waals surface area contributed by atoms with Crippen molar-refractivity contribution in [3.63, 3.8) is 0 Å². The first-order valence-corrected chi connectivity index (χ1v) is 7.65. The van der Waals surface area contributed by atoms with Crippen LogP contribution < -0.4 is 5.32 Å². The van der Waals surface area contributed by atoms with Crippen LogP contribution in [0.5, 0.6) is 0 Å². The molecule has 2 aliphatic rings. The zero-order valence-electron chi connectivity index (χ0n) is 12.9. The lowest BCUT2D eigenvalue weighted by Gasteiger charge is -2.28. The van der Waals surface area contributed by atoms with E-state index in [0.29, 0.717) is 18.0 Å². The smallest absolute Gasteiger partial charge is 0.311 e. The lowest BCUT2D eigenvalue weighted by Crippen LogP contribution is -2.46. The van der Waals surface area contributed by atoms with Gasteiger partial charge in [0.25, 0.3) is 0 Å². The SMILES string of the molecule is O=C(CCCN1C(=O)N=C2C=CC=CC2C1=O)Nc1ccccn1. The number of anilines is 1. The van der Waals surface area contributed by atoms with Crippen LogP contribution in [-0.4, -0.2) is 40.0 Å². The highest BCUT2D eigenvalue weighted by Gasteiger charge is 2.35. The molecular weight excluding hydrogens is 308 g/mol. The zero-order valence-corrected chi connectivity index (χ0v) is 12.9. The van der Waals surface area contributed by atoms with Crippen LogP contribution in [0.1, 0.15) is 12.8 Å². The average molecular weight is 324 g/mol. The van der Waals surface area contributed by atoms with E-state index in [-0.39, 0.29) is 24.8 Å². The molecule has 0 fully saturated rings. The van der Waals surface area contributed by atoms with Crippen LogP contribution in [0, 0.1) is 5.92 Å². The Balaban J connectivity index is 1.53. The van der Waals surface area contributed by atoms with Crippen molar-refractivity contribution < 1.29 is 14.4 Å². The highest BCUT2D eigenvalue weighted by atomic mass is 16.2. The molecule has 24 heavy (non-hydrogen) atoms. The molecular formula is C17H16N4O3. The molecule has 0 saturated carbocycles. The fourth-order valence-corrected chi connectivity index (χ4v) is 2.53. The topological polar surface area (TPSA) is 91.7 Å². The fraction of sp³-hybridized carbons (Fsp3) is 0.235. The number of hydrogen-bond acceptors (Lipinski definition) is 4. The normalized spacial score (nSPS) is 19.1. The van der Waals surface area contributed by atoms with Gasteiger partial charge in [0, 0.05) is 19.2 Å². The summed E-state index contributed by atoms with van der Waals surface area (Å²) in [5, 5.41) is 2.66. The Kier molecular flexibility index (Phi) is 4.60. The van der Waals surface area contributed by atoms with Crippen LogP contribution in [0.2, 0.25) is 0 Å². The van der Waals surface area contributed by atoms with Crippen molar-refractivity contribution in [1.82, 2.24) is 9.88 Å². The molecule has 0 aromatic carbocycles. The second-order valence-electron chi connectivity index (χ2n) is 5.40. The van der Waals surface area contributed by atoms with Gasteiger partial charge < -0.3 is 5.32 Å². The lowest BCUT2D eigenvalue weighted by atomic mass is 9.95. The number of amides is 4. The van der Waals surface area contributed by atoms with Gasteiger partial charge in [-0.25, -0.2) is 9.78 Å². The van der Waals surface area contributed by atoms with Crippen LogP contribution in [-0.2, 0) is 9.59 Å². The van der Waals surface area contributed by atoms with E-state index in [1.54, 1.807) is 48.7 Å². The highest BCUT2D eigenvalue weighted by Crippen LogP contribution is 2.20. The first kappa shape index (κ1) is 15.8. The quantitative estimate of drug-likeness (QED) is 0.896. The van der Waals surface area contributed by atoms with E-state index in [9.17, 15) is 14.4 Å². The number of carbonyl (C=O) groups excluding carboxylic acids is 3. The van der Waals surface area contributed by atoms with Gasteiger partial charge in [-0.1, -0.05) is 24.3 Å². The van der Waals surface area contributed by atoms with Crippen LogP contribution in [0.3, 0.4) is 0 Å². The molecule has 3 rings (SSSR count). The van der Waals surface area contributed by atoms with Gasteiger partial charge in [-0.15, -0.1) is 0 Å². The third-order valence-electron chi connectivity index (χ3n) is 3.71. The molecule has 1 aliphatic heterocycles. The number of fused-ring (bicyclic) bond motifs is 1. The molecule has 2 heterocycles. The number of rotatable bonds is 5. The number of urea groups is 1. The van der Waals surface area contributed by atoms with Crippen LogP contribution in [0.15, 0.2) is 53.7 Å². The van der Waals surface area contributed by atoms with Crippen molar-refractivity contribution in [3.8, 4) is 0 Å². The van der Waals surface area contributed by atoms with Gasteiger partial charge in [0.1, 0.15) is 5.82 Å². The fourth-order valence-electron chi connectivity index (χ4n) is 2.53. The van der Waals surface area contributed by atoms with Crippen molar-refractivity contribution in [1.29, 1.82) is 0 Å². The summed E-state index contributed by atoms with van der Waals surface area (Å²) < 4.78 is 0. The molecule has 1 atom stereocenters. The first-order chi connectivity index (χ1) is 11.6. The molecule has 1 aromatic rings. The molecule has 7 nitrogen and oxygen atoms in total. The summed E-state index contributed by atoms with van der Waals surface area (Å²) in [4.78, 5) is 45.2. The summed E-state index contributed by atoms with van der Waals surface area (Å²) in [6, 6.07) is 4.65. The Hall–Kier alpha value is -3.09. The molecule has 0 saturated heterocycles. The van der Waals surface area contributed by atoms with Gasteiger partial charge >= 0.3 is 6.03 Å². The van der Waals surface area contributed by atoms with E-state index < -0.39 is 11.9 Å². The van der Waals surface area contributed by atoms with Crippen LogP contribution in [0.4, 0.5) is 10.6 Å². The third-order valence-corrected chi connectivity index (χ3v) is 3.71. The molecule has 0 radical (unpaired) electrons. The zero-order chi connectivity index (χ0) is 16.9. The summed E-state index contributed by atoms with van der Waals surface area (Å²) in [5.74, 6) is -0.540. The van der Waals surface area contributed by atoms with E-state index in [1.807, 2.05) is 0 Å². The first-order valence-electron chi connectivity index (χ1n) is 7.65. The standard InChI is InChI=1S/C17H16N4O3/c22-15(20-14-8-3-4-10-18-14)9-5-11-21-16(23)12-6-1-2-7-13(12)19-17(21)24/h1-4,6-8,10,12H,5,9,11H2,(H,18,20,22). The Morgan fingerprint density at radius 1 is 1.25 bits per heavy atom. The molecule has 0 spiro atoms. The lowest BCUT2D eigenvalue weighted by molar-refractivity contribution is -0.129. The number of carbonyl (C=O) groups is 3. The maximum absolute atomic E-state index is 12.4. The third kappa shape index (κ3) is 3.45. The Morgan fingerprint density at radius 3 is 2.92 bits per heavy atom. The van der Waals surface area contributed by atoms with E-state index >= 15 is 0 Å². The molecule has 1 unspecified atom stereocenters. The Labute approximate surface area is 138 Å². The number of nitrogens with zero attached hydrogens (tertiary/aromatic N) is 3. The maximum Gasteiger partial charge on any atom is 0.350 e. The number of pyridine rings is 1. The van der Waals surface area contributed by atoms with Gasteiger partial charge in [-0.05, 0) is 24.6 Å². The molecule has 0 bridgehead atoms. The Bertz CT molecular complexity index is 752. The van der Waals surface area contributed by atoms with Crippen molar-refractivity contribution in [3.05, 3.63) is 48.7 Å². The Morgan fingerprint density at radius 2 is 2.12 bits per heavy atom. The maximum atomic E-state index is 12.4. The minimum absolute atomic E-state index is 0.165. The monoisotopic (exact) mass is 324 g/mol. The van der Waals surface area contributed by atoms with Crippen molar-refractivity contribution in [2.75, 3.05) is 11.9 Å². The van der Waals surface area contributed by atoms with Crippen LogP contribution in [0.25, 0.3) is 0 Å². The summed E-state index contributed by atoms with van der Waals surface area (Å²) >= 11 is 0. The number of hydrogen-bond donors (Lipinski definition) is 1. The molecule has 122 valence electrons. The van der Waals surface area contributed by atoms with Gasteiger partial charge in [0.15, 0.2) is 0 Å². The van der Waals surface area contributed by atoms with E-state index in [0.717, 1.165) is 4.90 Å². The molecule has 1 N–H and O–H groups in total. The predicted molar refractivity (Wildman–Crippen MR) is 88.4 cm³/mol. The van der Waals surface area contributed by atoms with Crippen LogP contribution >= 0.6 is 0 Å². The summed E-state index contributed by atoms with van der Waals surface area (Å²) in [6.45, 7) is 0.165. The average Bonchev–Trinajstić information content (AvgIpc) is 2.59. The molecule has 1 aromatic heterocycles.